The first-order valence-corrected chi connectivity index (χ1v) is 6.95. The Labute approximate surface area is 107 Å². The second-order valence-corrected chi connectivity index (χ2v) is 5.19. The maximum atomic E-state index is 11.7. The summed E-state index contributed by atoms with van der Waals surface area (Å²) in [6.45, 7) is 4.75. The third kappa shape index (κ3) is 4.83. The first kappa shape index (κ1) is 14.1. The van der Waals surface area contributed by atoms with E-state index in [2.05, 4.69) is 24.1 Å². The van der Waals surface area contributed by atoms with E-state index < -0.39 is 0 Å². The van der Waals surface area contributed by atoms with Gasteiger partial charge in [-0.25, -0.2) is 4.98 Å². The number of carbonyl (C=O) groups is 1. The van der Waals surface area contributed by atoms with Gasteiger partial charge in [-0.15, -0.1) is 11.3 Å². The van der Waals surface area contributed by atoms with Crippen molar-refractivity contribution in [1.82, 2.24) is 10.3 Å². The average molecular weight is 255 g/mol. The Kier molecular flexibility index (Phi) is 6.15. The summed E-state index contributed by atoms with van der Waals surface area (Å²) < 4.78 is 0. The van der Waals surface area contributed by atoms with Crippen LogP contribution >= 0.6 is 11.3 Å². The van der Waals surface area contributed by atoms with E-state index in [0.717, 1.165) is 24.3 Å². The molecule has 5 heteroatoms. The summed E-state index contributed by atoms with van der Waals surface area (Å²) in [4.78, 5) is 15.9. The van der Waals surface area contributed by atoms with Gasteiger partial charge < -0.3 is 11.1 Å². The number of aromatic nitrogens is 1. The molecule has 0 radical (unpaired) electrons. The van der Waals surface area contributed by atoms with Crippen molar-refractivity contribution in [2.24, 2.45) is 5.73 Å². The number of amides is 1. The molecule has 1 amide bonds. The van der Waals surface area contributed by atoms with Gasteiger partial charge in [-0.2, -0.15) is 0 Å². The average Bonchev–Trinajstić information content (AvgIpc) is 2.86. The Hall–Kier alpha value is -0.940. The Bertz CT molecular complexity index is 327. The fraction of sp³-hybridized carbons (Fsp3) is 0.667. The summed E-state index contributed by atoms with van der Waals surface area (Å²) in [7, 11) is 0. The van der Waals surface area contributed by atoms with Gasteiger partial charge >= 0.3 is 0 Å². The van der Waals surface area contributed by atoms with Crippen molar-refractivity contribution in [2.75, 3.05) is 6.54 Å². The van der Waals surface area contributed by atoms with Gasteiger partial charge in [0, 0.05) is 24.0 Å². The zero-order valence-corrected chi connectivity index (χ0v) is 11.3. The Balaban J connectivity index is 2.28. The highest BCUT2D eigenvalue weighted by molar-refractivity contribution is 7.09. The zero-order chi connectivity index (χ0) is 12.7. The van der Waals surface area contributed by atoms with E-state index in [1.54, 1.807) is 17.5 Å². The summed E-state index contributed by atoms with van der Waals surface area (Å²) >= 11 is 1.61. The topological polar surface area (TPSA) is 68.0 Å². The van der Waals surface area contributed by atoms with Gasteiger partial charge in [-0.3, -0.25) is 4.79 Å². The Morgan fingerprint density at radius 3 is 3.00 bits per heavy atom. The quantitative estimate of drug-likeness (QED) is 0.781. The summed E-state index contributed by atoms with van der Waals surface area (Å²) in [6.07, 6.45) is 4.60. The van der Waals surface area contributed by atoms with Gasteiger partial charge in [0.05, 0.1) is 11.0 Å². The molecule has 1 heterocycles. The van der Waals surface area contributed by atoms with E-state index in [-0.39, 0.29) is 17.9 Å². The lowest BCUT2D eigenvalue weighted by Gasteiger charge is -2.14. The van der Waals surface area contributed by atoms with Crippen molar-refractivity contribution in [2.45, 2.75) is 45.1 Å². The van der Waals surface area contributed by atoms with E-state index in [0.29, 0.717) is 6.54 Å². The minimum absolute atomic E-state index is 0.0538. The van der Waals surface area contributed by atoms with Crippen LogP contribution in [-0.4, -0.2) is 23.5 Å². The van der Waals surface area contributed by atoms with Crippen LogP contribution in [0.1, 0.15) is 44.0 Å². The molecular weight excluding hydrogens is 234 g/mol. The molecule has 0 fully saturated rings. The minimum atomic E-state index is -0.376. The molecule has 0 aliphatic heterocycles. The largest absolute Gasteiger partial charge is 0.354 e. The van der Waals surface area contributed by atoms with Crippen molar-refractivity contribution in [1.29, 1.82) is 0 Å². The molecule has 0 spiro atoms. The lowest BCUT2D eigenvalue weighted by atomic mass is 10.1. The summed E-state index contributed by atoms with van der Waals surface area (Å²) in [6, 6.07) is -0.376. The predicted molar refractivity (Wildman–Crippen MR) is 71.0 cm³/mol. The highest BCUT2D eigenvalue weighted by Gasteiger charge is 2.14. The van der Waals surface area contributed by atoms with Crippen molar-refractivity contribution >= 4 is 17.2 Å². The van der Waals surface area contributed by atoms with E-state index in [4.69, 9.17) is 5.73 Å². The molecule has 1 rings (SSSR count). The molecule has 2 atom stereocenters. The molecular formula is C12H21N3OS. The smallest absolute Gasteiger partial charge is 0.236 e. The first-order chi connectivity index (χ1) is 8.15. The number of hydrogen-bond donors (Lipinski definition) is 2. The SMILES string of the molecule is CCCCC(N)C(=O)NCC(C)c1nccs1. The number of nitrogens with one attached hydrogen (secondary N) is 1. The zero-order valence-electron chi connectivity index (χ0n) is 10.5. The van der Waals surface area contributed by atoms with Crippen LogP contribution < -0.4 is 11.1 Å². The number of nitrogens with zero attached hydrogens (tertiary/aromatic N) is 1. The van der Waals surface area contributed by atoms with Crippen molar-refractivity contribution in [3.05, 3.63) is 16.6 Å². The van der Waals surface area contributed by atoms with Crippen LogP contribution in [0.3, 0.4) is 0 Å². The summed E-state index contributed by atoms with van der Waals surface area (Å²) in [5.41, 5.74) is 5.78. The third-order valence-electron chi connectivity index (χ3n) is 2.66. The number of nitrogens with two attached hydrogens (primary N) is 1. The molecule has 0 aliphatic carbocycles. The minimum Gasteiger partial charge on any atom is -0.354 e. The fourth-order valence-corrected chi connectivity index (χ4v) is 2.20. The van der Waals surface area contributed by atoms with Crippen LogP contribution in [0.25, 0.3) is 0 Å². The molecule has 2 unspecified atom stereocenters. The van der Waals surface area contributed by atoms with Crippen LogP contribution in [0.15, 0.2) is 11.6 Å². The monoisotopic (exact) mass is 255 g/mol. The van der Waals surface area contributed by atoms with E-state index in [1.807, 2.05) is 5.38 Å². The maximum Gasteiger partial charge on any atom is 0.236 e. The molecule has 0 aromatic carbocycles. The number of hydrogen-bond acceptors (Lipinski definition) is 4. The van der Waals surface area contributed by atoms with Crippen molar-refractivity contribution in [3.63, 3.8) is 0 Å². The van der Waals surface area contributed by atoms with Crippen LogP contribution in [0, 0.1) is 0 Å². The van der Waals surface area contributed by atoms with Gasteiger partial charge in [0.2, 0.25) is 5.91 Å². The summed E-state index contributed by atoms with van der Waals surface area (Å²) in [5.74, 6) is 0.194. The van der Waals surface area contributed by atoms with E-state index in [9.17, 15) is 4.79 Å². The molecule has 4 nitrogen and oxygen atoms in total. The van der Waals surface area contributed by atoms with Gasteiger partial charge in [-0.1, -0.05) is 26.7 Å². The lowest BCUT2D eigenvalue weighted by Crippen LogP contribution is -2.41. The highest BCUT2D eigenvalue weighted by Crippen LogP contribution is 2.16. The van der Waals surface area contributed by atoms with E-state index in [1.165, 1.54) is 0 Å². The molecule has 17 heavy (non-hydrogen) atoms. The number of rotatable bonds is 7. The van der Waals surface area contributed by atoms with Crippen molar-refractivity contribution in [3.8, 4) is 0 Å². The van der Waals surface area contributed by atoms with Crippen LogP contribution in [0.4, 0.5) is 0 Å². The summed E-state index contributed by atoms with van der Waals surface area (Å²) in [5, 5.41) is 5.88. The second kappa shape index (κ2) is 7.40. The van der Waals surface area contributed by atoms with Crippen molar-refractivity contribution < 1.29 is 4.79 Å². The Morgan fingerprint density at radius 1 is 1.65 bits per heavy atom. The Morgan fingerprint density at radius 2 is 2.41 bits per heavy atom. The predicted octanol–water partition coefficient (Wildman–Crippen LogP) is 1.88. The van der Waals surface area contributed by atoms with Crippen LogP contribution in [0.2, 0.25) is 0 Å². The third-order valence-corrected chi connectivity index (χ3v) is 3.67. The molecule has 0 saturated carbocycles. The fourth-order valence-electron chi connectivity index (χ4n) is 1.51. The van der Waals surface area contributed by atoms with E-state index >= 15 is 0 Å². The molecule has 1 aromatic rings. The number of thiazole rings is 1. The lowest BCUT2D eigenvalue weighted by molar-refractivity contribution is -0.122. The normalized spacial score (nSPS) is 14.3. The molecule has 0 bridgehead atoms. The van der Waals surface area contributed by atoms with Gasteiger partial charge in [-0.05, 0) is 6.42 Å². The second-order valence-electron chi connectivity index (χ2n) is 4.27. The van der Waals surface area contributed by atoms with Gasteiger partial charge in [0.25, 0.3) is 0 Å². The van der Waals surface area contributed by atoms with Gasteiger partial charge in [0.15, 0.2) is 0 Å². The van der Waals surface area contributed by atoms with Crippen LogP contribution in [0.5, 0.6) is 0 Å². The maximum absolute atomic E-state index is 11.7. The first-order valence-electron chi connectivity index (χ1n) is 6.07. The number of unbranched alkanes of at least 4 members (excludes halogenated alkanes) is 1. The molecule has 0 aliphatic rings. The van der Waals surface area contributed by atoms with Gasteiger partial charge in [0.1, 0.15) is 0 Å². The number of carbonyl (C=O) groups excluding carboxylic acids is 1. The molecule has 1 aromatic heterocycles. The highest BCUT2D eigenvalue weighted by atomic mass is 32.1. The molecule has 3 N–H and O–H groups in total. The molecule has 0 saturated heterocycles. The molecule has 96 valence electrons. The standard InChI is InChI=1S/C12H21N3OS/c1-3-4-5-10(13)11(16)15-8-9(2)12-14-6-7-17-12/h6-7,9-10H,3-5,8,13H2,1-2H3,(H,15,16). The van der Waals surface area contributed by atoms with Crippen LogP contribution in [-0.2, 0) is 4.79 Å².